The van der Waals surface area contributed by atoms with E-state index < -0.39 is 86.3 Å². The molecule has 19 nitrogen and oxygen atoms in total. The lowest BCUT2D eigenvalue weighted by molar-refractivity contribution is -0.407. The second kappa shape index (κ2) is 24.1. The molecule has 0 bridgehead atoms. The molecule has 2 rings (SSSR count). The molecule has 0 aliphatic rings. The van der Waals surface area contributed by atoms with Gasteiger partial charge in [0.2, 0.25) is 0 Å². The molecular weight excluding hydrogens is 724 g/mol. The third-order valence-electron chi connectivity index (χ3n) is 9.55. The number of benzene rings is 2. The van der Waals surface area contributed by atoms with Crippen molar-refractivity contribution in [2.45, 2.75) is 155 Å². The van der Waals surface area contributed by atoms with Gasteiger partial charge in [0.15, 0.2) is 0 Å². The van der Waals surface area contributed by atoms with Crippen molar-refractivity contribution in [1.29, 1.82) is 0 Å². The number of nitrogens with zero attached hydrogens (tertiary/aromatic N) is 6. The second-order valence-electron chi connectivity index (χ2n) is 13.7. The van der Waals surface area contributed by atoms with Gasteiger partial charge in [0, 0.05) is 0 Å². The molecule has 0 saturated heterocycles. The van der Waals surface area contributed by atoms with E-state index in [1.807, 2.05) is 0 Å². The minimum Gasteiger partial charge on any atom is -0.430 e. The molecule has 2 aromatic rings. The van der Waals surface area contributed by atoms with E-state index in [0.717, 1.165) is 89.9 Å². The van der Waals surface area contributed by atoms with E-state index in [1.165, 1.54) is 0 Å². The van der Waals surface area contributed by atoms with E-state index in [0.29, 0.717) is 37.8 Å². The highest BCUT2D eigenvalue weighted by Gasteiger charge is 2.43. The predicted octanol–water partition coefficient (Wildman–Crippen LogP) is 11.9. The largest absolute Gasteiger partial charge is 0.430 e. The Hall–Kier alpha value is -5.36. The Balaban J connectivity index is 2.57. The van der Waals surface area contributed by atoms with Gasteiger partial charge >= 0.3 is 22.7 Å². The highest BCUT2D eigenvalue weighted by atomic mass is 16.7. The van der Waals surface area contributed by atoms with Gasteiger partial charge < -0.3 is 4.74 Å². The average molecular weight is 777 g/mol. The first-order chi connectivity index (χ1) is 26.3. The summed E-state index contributed by atoms with van der Waals surface area (Å²) in [5.74, 6) is -2.60. The molecule has 0 N–H and O–H groups in total. The zero-order valence-electron chi connectivity index (χ0n) is 31.7. The molecule has 2 aromatic carbocycles. The van der Waals surface area contributed by atoms with Gasteiger partial charge in [-0.3, -0.25) is 60.7 Å². The molecular formula is C36H52N6O13. The molecule has 0 aliphatic carbocycles. The van der Waals surface area contributed by atoms with E-state index in [4.69, 9.17) is 4.74 Å². The van der Waals surface area contributed by atoms with Crippen LogP contribution in [-0.2, 0) is 12.8 Å². The molecule has 0 atom stereocenters. The van der Waals surface area contributed by atoms with Gasteiger partial charge in [-0.1, -0.05) is 129 Å². The number of hydrogen-bond donors (Lipinski definition) is 0. The fourth-order valence-electron chi connectivity index (χ4n) is 6.68. The zero-order chi connectivity index (χ0) is 40.9. The summed E-state index contributed by atoms with van der Waals surface area (Å²) in [5, 5.41) is 73.6. The summed E-state index contributed by atoms with van der Waals surface area (Å²) >= 11 is 0. The Kier molecular flexibility index (Phi) is 20.1. The number of unbranched alkanes of at least 4 members (excludes halogenated alkanes) is 18. The van der Waals surface area contributed by atoms with Crippen molar-refractivity contribution < 1.29 is 34.3 Å². The molecule has 0 aliphatic heterocycles. The number of ether oxygens (including phenoxy) is 1. The molecule has 0 heterocycles. The van der Waals surface area contributed by atoms with Crippen LogP contribution >= 0.6 is 0 Å². The van der Waals surface area contributed by atoms with Gasteiger partial charge in [-0.15, -0.1) is 0 Å². The van der Waals surface area contributed by atoms with E-state index in [1.54, 1.807) is 0 Å². The fourth-order valence-corrected chi connectivity index (χ4v) is 6.68. The van der Waals surface area contributed by atoms with Crippen molar-refractivity contribution >= 4 is 34.1 Å². The monoisotopic (exact) mass is 776 g/mol. The maximum absolute atomic E-state index is 12.6. The summed E-state index contributed by atoms with van der Waals surface area (Å²) in [6.45, 7) is 4.24. The van der Waals surface area contributed by atoms with Crippen LogP contribution in [0.2, 0.25) is 0 Å². The van der Waals surface area contributed by atoms with Gasteiger partial charge in [-0.2, -0.15) is 0 Å². The number of nitro groups is 6. The Morgan fingerprint density at radius 3 is 0.873 bits per heavy atom. The molecule has 0 aromatic heterocycles. The van der Waals surface area contributed by atoms with Crippen LogP contribution in [0.4, 0.5) is 34.1 Å². The van der Waals surface area contributed by atoms with Crippen LogP contribution in [0.1, 0.15) is 153 Å². The molecule has 55 heavy (non-hydrogen) atoms. The van der Waals surface area contributed by atoms with Crippen LogP contribution in [-0.4, -0.2) is 29.5 Å². The van der Waals surface area contributed by atoms with Crippen LogP contribution in [0.25, 0.3) is 0 Å². The van der Waals surface area contributed by atoms with E-state index in [9.17, 15) is 60.7 Å². The van der Waals surface area contributed by atoms with Crippen molar-refractivity contribution in [2.75, 3.05) is 0 Å². The Morgan fingerprint density at radius 1 is 0.382 bits per heavy atom. The molecule has 0 unspecified atom stereocenters. The van der Waals surface area contributed by atoms with Crippen molar-refractivity contribution in [3.63, 3.8) is 0 Å². The summed E-state index contributed by atoms with van der Waals surface area (Å²) in [4.78, 5) is 66.8. The summed E-state index contributed by atoms with van der Waals surface area (Å²) in [5.41, 5.74) is -8.25. The first kappa shape index (κ1) is 45.8. The quantitative estimate of drug-likeness (QED) is 0.0406. The molecule has 0 radical (unpaired) electrons. The Bertz CT molecular complexity index is 1550. The number of rotatable bonds is 30. The predicted molar refractivity (Wildman–Crippen MR) is 204 cm³/mol. The number of nitro benzene ring substituents is 6. The summed E-state index contributed by atoms with van der Waals surface area (Å²) in [6, 6.07) is 0.837. The smallest absolute Gasteiger partial charge is 0.328 e. The lowest BCUT2D eigenvalue weighted by Gasteiger charge is -2.13. The van der Waals surface area contributed by atoms with Crippen LogP contribution < -0.4 is 4.74 Å². The van der Waals surface area contributed by atoms with Gasteiger partial charge in [0.1, 0.15) is 11.1 Å². The Morgan fingerprint density at radius 2 is 0.636 bits per heavy atom. The van der Waals surface area contributed by atoms with Crippen LogP contribution in [0.3, 0.4) is 0 Å². The molecule has 0 spiro atoms. The second-order valence-corrected chi connectivity index (χ2v) is 13.7. The molecule has 0 fully saturated rings. The highest BCUT2D eigenvalue weighted by molar-refractivity contribution is 5.76. The lowest BCUT2D eigenvalue weighted by atomic mass is 9.99. The van der Waals surface area contributed by atoms with E-state index in [-0.39, 0.29) is 25.7 Å². The van der Waals surface area contributed by atoms with Crippen LogP contribution in [0, 0.1) is 60.7 Å². The highest BCUT2D eigenvalue weighted by Crippen LogP contribution is 2.52. The maximum atomic E-state index is 12.6. The standard InChI is InChI=1S/C36H52N6O13/c1-3-5-7-9-11-13-15-17-19-21-23-27-29(37(43)44)25-31(39(47)48)35(33(27)41(51)52)55-36-32(40(49)50)26-30(38(45)46)28(34(36)42(53)54)24-22-20-18-16-14-12-10-8-6-4-2/h25-26H,3-24H2,1-2H3. The van der Waals surface area contributed by atoms with Crippen LogP contribution in [0.5, 0.6) is 11.5 Å². The van der Waals surface area contributed by atoms with Crippen molar-refractivity contribution in [3.05, 3.63) is 83.9 Å². The lowest BCUT2D eigenvalue weighted by Crippen LogP contribution is -2.09. The van der Waals surface area contributed by atoms with Gasteiger partial charge in [-0.05, 0) is 25.7 Å². The van der Waals surface area contributed by atoms with Crippen molar-refractivity contribution in [2.24, 2.45) is 0 Å². The van der Waals surface area contributed by atoms with Crippen LogP contribution in [0.15, 0.2) is 12.1 Å². The summed E-state index contributed by atoms with van der Waals surface area (Å²) < 4.78 is 5.49. The minimum absolute atomic E-state index is 0.204. The maximum Gasteiger partial charge on any atom is 0.328 e. The fraction of sp³-hybridized carbons (Fsp3) is 0.667. The van der Waals surface area contributed by atoms with Crippen molar-refractivity contribution in [3.8, 4) is 11.5 Å². The average Bonchev–Trinajstić information content (AvgIpc) is 3.12. The van der Waals surface area contributed by atoms with Crippen molar-refractivity contribution in [1.82, 2.24) is 0 Å². The normalized spacial score (nSPS) is 11.0. The minimum atomic E-state index is -1.34. The van der Waals surface area contributed by atoms with Gasteiger partial charge in [-0.25, -0.2) is 0 Å². The van der Waals surface area contributed by atoms with Gasteiger partial charge in [0.05, 0.1) is 41.7 Å². The molecule has 0 amide bonds. The molecule has 0 saturated carbocycles. The number of hydrogen-bond acceptors (Lipinski definition) is 13. The summed E-state index contributed by atoms with van der Waals surface area (Å²) in [7, 11) is 0. The molecule has 19 heteroatoms. The SMILES string of the molecule is CCCCCCCCCCCCc1c([N+](=O)[O-])cc([N+](=O)[O-])c(Oc2c([N+](=O)[O-])cc([N+](=O)[O-])c(CCCCCCCCCCCC)c2[N+](=O)[O-])c1[N+](=O)[O-]. The first-order valence-corrected chi connectivity index (χ1v) is 19.2. The summed E-state index contributed by atoms with van der Waals surface area (Å²) in [6.07, 6.45) is 17.0. The van der Waals surface area contributed by atoms with E-state index >= 15 is 0 Å². The molecule has 304 valence electrons. The van der Waals surface area contributed by atoms with E-state index in [2.05, 4.69) is 13.8 Å². The zero-order valence-corrected chi connectivity index (χ0v) is 31.7. The first-order valence-electron chi connectivity index (χ1n) is 19.2. The van der Waals surface area contributed by atoms with Gasteiger partial charge in [0.25, 0.3) is 22.9 Å². The Labute approximate surface area is 318 Å². The topological polar surface area (TPSA) is 268 Å². The third kappa shape index (κ3) is 14.1. The third-order valence-corrected chi connectivity index (χ3v) is 9.55.